The number of benzene rings is 2. The average Bonchev–Trinajstić information content (AvgIpc) is 2.72. The lowest BCUT2D eigenvalue weighted by Crippen LogP contribution is -2.41. The van der Waals surface area contributed by atoms with Gasteiger partial charge < -0.3 is 19.1 Å². The second-order valence-corrected chi connectivity index (χ2v) is 8.79. The SMILES string of the molecule is COc1ccc(CCNS(=O)(=O)c2ccc3c(c2)N(C(C)=O)CC(C)O3)cc1OC. The number of hydrogen-bond donors (Lipinski definition) is 1. The van der Waals surface area contributed by atoms with Crippen LogP contribution in [0, 0.1) is 0 Å². The standard InChI is InChI=1S/C21H26N2O6S/c1-14-13-23(15(2)24)18-12-17(6-8-19(18)29-14)30(25,26)22-10-9-16-5-7-20(27-3)21(11-16)28-4/h5-8,11-12,14,22H,9-10,13H2,1-4H3. The second-order valence-electron chi connectivity index (χ2n) is 7.02. The number of rotatable bonds is 7. The fraction of sp³-hybridized carbons (Fsp3) is 0.381. The third-order valence-corrected chi connectivity index (χ3v) is 6.29. The highest BCUT2D eigenvalue weighted by atomic mass is 32.2. The van der Waals surface area contributed by atoms with E-state index in [0.29, 0.717) is 35.9 Å². The summed E-state index contributed by atoms with van der Waals surface area (Å²) in [6.07, 6.45) is 0.313. The van der Waals surface area contributed by atoms with Crippen LogP contribution in [0.3, 0.4) is 0 Å². The monoisotopic (exact) mass is 434 g/mol. The number of carbonyl (C=O) groups is 1. The zero-order valence-electron chi connectivity index (χ0n) is 17.5. The quantitative estimate of drug-likeness (QED) is 0.719. The molecule has 30 heavy (non-hydrogen) atoms. The van der Waals surface area contributed by atoms with Crippen LogP contribution in [0.1, 0.15) is 19.4 Å². The molecular weight excluding hydrogens is 408 g/mol. The van der Waals surface area contributed by atoms with Crippen molar-refractivity contribution < 1.29 is 27.4 Å². The smallest absolute Gasteiger partial charge is 0.240 e. The van der Waals surface area contributed by atoms with Gasteiger partial charge in [0.1, 0.15) is 11.9 Å². The van der Waals surface area contributed by atoms with Crippen LogP contribution in [0.4, 0.5) is 5.69 Å². The molecular formula is C21H26N2O6S. The van der Waals surface area contributed by atoms with Crippen LogP contribution in [0.5, 0.6) is 17.2 Å². The molecule has 0 radical (unpaired) electrons. The van der Waals surface area contributed by atoms with Crippen molar-refractivity contribution in [1.29, 1.82) is 0 Å². The van der Waals surface area contributed by atoms with Crippen molar-refractivity contribution in [2.75, 3.05) is 32.2 Å². The fourth-order valence-electron chi connectivity index (χ4n) is 3.33. The number of methoxy groups -OCH3 is 2. The van der Waals surface area contributed by atoms with E-state index in [9.17, 15) is 13.2 Å². The summed E-state index contributed by atoms with van der Waals surface area (Å²) in [6.45, 7) is 3.89. The normalized spacial score (nSPS) is 15.9. The van der Waals surface area contributed by atoms with Gasteiger partial charge in [-0.15, -0.1) is 0 Å². The molecule has 0 aliphatic carbocycles. The lowest BCUT2D eigenvalue weighted by molar-refractivity contribution is -0.117. The number of hydrogen-bond acceptors (Lipinski definition) is 6. The van der Waals surface area contributed by atoms with Gasteiger partial charge >= 0.3 is 0 Å². The van der Waals surface area contributed by atoms with Crippen molar-refractivity contribution in [3.05, 3.63) is 42.0 Å². The van der Waals surface area contributed by atoms with Gasteiger partial charge in [0.15, 0.2) is 11.5 Å². The molecule has 1 heterocycles. The number of nitrogens with zero attached hydrogens (tertiary/aromatic N) is 1. The van der Waals surface area contributed by atoms with E-state index in [0.717, 1.165) is 5.56 Å². The molecule has 2 aromatic rings. The van der Waals surface area contributed by atoms with E-state index in [1.54, 1.807) is 26.4 Å². The van der Waals surface area contributed by atoms with Gasteiger partial charge in [-0.25, -0.2) is 13.1 Å². The highest BCUT2D eigenvalue weighted by Gasteiger charge is 2.27. The Bertz CT molecular complexity index is 1040. The van der Waals surface area contributed by atoms with E-state index in [4.69, 9.17) is 14.2 Å². The van der Waals surface area contributed by atoms with Gasteiger partial charge in [0, 0.05) is 13.5 Å². The fourth-order valence-corrected chi connectivity index (χ4v) is 4.38. The van der Waals surface area contributed by atoms with E-state index in [2.05, 4.69) is 4.72 Å². The summed E-state index contributed by atoms with van der Waals surface area (Å²) in [6, 6.07) is 10.00. The summed E-state index contributed by atoms with van der Waals surface area (Å²) in [5.74, 6) is 1.53. The average molecular weight is 435 g/mol. The Morgan fingerprint density at radius 2 is 1.90 bits per heavy atom. The van der Waals surface area contributed by atoms with E-state index in [-0.39, 0.29) is 23.5 Å². The third-order valence-electron chi connectivity index (χ3n) is 4.83. The minimum atomic E-state index is -3.75. The number of carbonyl (C=O) groups excluding carboxylic acids is 1. The Kier molecular flexibility index (Phi) is 6.52. The first-order valence-corrected chi connectivity index (χ1v) is 11.0. The van der Waals surface area contributed by atoms with Crippen molar-refractivity contribution in [1.82, 2.24) is 4.72 Å². The first-order chi connectivity index (χ1) is 14.2. The second kappa shape index (κ2) is 8.93. The van der Waals surface area contributed by atoms with Crippen LogP contribution >= 0.6 is 0 Å². The Hall–Kier alpha value is -2.78. The van der Waals surface area contributed by atoms with Crippen LogP contribution < -0.4 is 23.8 Å². The first-order valence-electron chi connectivity index (χ1n) is 9.54. The predicted molar refractivity (Wildman–Crippen MR) is 113 cm³/mol. The van der Waals surface area contributed by atoms with E-state index < -0.39 is 10.0 Å². The molecule has 9 heteroatoms. The molecule has 8 nitrogen and oxygen atoms in total. The molecule has 0 saturated carbocycles. The van der Waals surface area contributed by atoms with Gasteiger partial charge in [0.05, 0.1) is 31.3 Å². The predicted octanol–water partition coefficient (Wildman–Crippen LogP) is 2.36. The Morgan fingerprint density at radius 1 is 1.17 bits per heavy atom. The Balaban J connectivity index is 1.73. The zero-order valence-corrected chi connectivity index (χ0v) is 18.3. The third kappa shape index (κ3) is 4.68. The molecule has 0 aromatic heterocycles. The van der Waals surface area contributed by atoms with Gasteiger partial charge in [-0.05, 0) is 49.2 Å². The molecule has 3 rings (SSSR count). The molecule has 1 atom stereocenters. The van der Waals surface area contributed by atoms with Gasteiger partial charge in [-0.3, -0.25) is 4.79 Å². The molecule has 2 aromatic carbocycles. The van der Waals surface area contributed by atoms with E-state index in [1.807, 2.05) is 19.1 Å². The van der Waals surface area contributed by atoms with Crippen molar-refractivity contribution in [3.63, 3.8) is 0 Å². The van der Waals surface area contributed by atoms with Gasteiger partial charge in [-0.1, -0.05) is 6.07 Å². The van der Waals surface area contributed by atoms with E-state index >= 15 is 0 Å². The maximum Gasteiger partial charge on any atom is 0.240 e. The molecule has 1 aliphatic rings. The summed E-state index contributed by atoms with van der Waals surface area (Å²) >= 11 is 0. The number of amides is 1. The van der Waals surface area contributed by atoms with Crippen molar-refractivity contribution in [2.45, 2.75) is 31.3 Å². The topological polar surface area (TPSA) is 94.2 Å². The zero-order chi connectivity index (χ0) is 21.9. The summed E-state index contributed by atoms with van der Waals surface area (Å²) in [5.41, 5.74) is 1.37. The minimum Gasteiger partial charge on any atom is -0.493 e. The molecule has 1 aliphatic heterocycles. The van der Waals surface area contributed by atoms with E-state index in [1.165, 1.54) is 24.0 Å². The lowest BCUT2D eigenvalue weighted by Gasteiger charge is -2.33. The summed E-state index contributed by atoms with van der Waals surface area (Å²) in [4.78, 5) is 13.6. The molecule has 0 fully saturated rings. The Labute approximate surface area is 176 Å². The number of nitrogens with one attached hydrogen (secondary N) is 1. The molecule has 0 bridgehead atoms. The number of fused-ring (bicyclic) bond motifs is 1. The lowest BCUT2D eigenvalue weighted by atomic mass is 10.1. The molecule has 0 spiro atoms. The van der Waals surface area contributed by atoms with Crippen LogP contribution in [-0.4, -0.2) is 47.7 Å². The van der Waals surface area contributed by atoms with Gasteiger partial charge in [0.2, 0.25) is 15.9 Å². The largest absolute Gasteiger partial charge is 0.493 e. The highest BCUT2D eigenvalue weighted by molar-refractivity contribution is 7.89. The van der Waals surface area contributed by atoms with Crippen molar-refractivity contribution in [3.8, 4) is 17.2 Å². The number of ether oxygens (including phenoxy) is 3. The van der Waals surface area contributed by atoms with Gasteiger partial charge in [0.25, 0.3) is 0 Å². The summed E-state index contributed by atoms with van der Waals surface area (Å²) in [7, 11) is -0.645. The van der Waals surface area contributed by atoms with Crippen LogP contribution in [0.15, 0.2) is 41.3 Å². The molecule has 0 saturated heterocycles. The summed E-state index contributed by atoms with van der Waals surface area (Å²) in [5, 5.41) is 0. The molecule has 1 amide bonds. The molecule has 1 N–H and O–H groups in total. The highest BCUT2D eigenvalue weighted by Crippen LogP contribution is 2.35. The molecule has 1 unspecified atom stereocenters. The maximum atomic E-state index is 12.8. The number of anilines is 1. The first kappa shape index (κ1) is 21.9. The minimum absolute atomic E-state index is 0.0814. The van der Waals surface area contributed by atoms with Gasteiger partial charge in [-0.2, -0.15) is 0 Å². The van der Waals surface area contributed by atoms with Crippen LogP contribution in [-0.2, 0) is 21.2 Å². The van der Waals surface area contributed by atoms with Crippen LogP contribution in [0.25, 0.3) is 0 Å². The molecule has 162 valence electrons. The van der Waals surface area contributed by atoms with Crippen molar-refractivity contribution in [2.24, 2.45) is 0 Å². The maximum absolute atomic E-state index is 12.8. The summed E-state index contributed by atoms with van der Waals surface area (Å²) < 4.78 is 44.4. The van der Waals surface area contributed by atoms with Crippen LogP contribution in [0.2, 0.25) is 0 Å². The van der Waals surface area contributed by atoms with Crippen molar-refractivity contribution >= 4 is 21.6 Å². The Morgan fingerprint density at radius 3 is 2.57 bits per heavy atom. The number of sulfonamides is 1.